The lowest BCUT2D eigenvalue weighted by molar-refractivity contribution is 0.0949. The fourth-order valence-corrected chi connectivity index (χ4v) is 1.67. The van der Waals surface area contributed by atoms with Gasteiger partial charge in [-0.25, -0.2) is 4.39 Å². The van der Waals surface area contributed by atoms with Crippen LogP contribution in [0.2, 0.25) is 0 Å². The molecule has 1 amide bonds. The van der Waals surface area contributed by atoms with Gasteiger partial charge in [0.05, 0.1) is 4.47 Å². The van der Waals surface area contributed by atoms with Crippen LogP contribution in [0.15, 0.2) is 22.7 Å². The number of nitrogens with one attached hydrogen (secondary N) is 1. The summed E-state index contributed by atoms with van der Waals surface area (Å²) in [6, 6.07) is 4.21. The van der Waals surface area contributed by atoms with Crippen LogP contribution in [0.5, 0.6) is 0 Å². The number of alkyl halides is 1. The molecule has 0 radical (unpaired) electrons. The Balaban J connectivity index is 2.63. The predicted octanol–water partition coefficient (Wildman–Crippen LogP) is 3.35. The molecule has 1 rings (SSSR count). The Hall–Kier alpha value is -0.420. The van der Waals surface area contributed by atoms with Gasteiger partial charge in [0, 0.05) is 17.4 Å². The average Bonchev–Trinajstić information content (AvgIpc) is 2.29. The average molecular weight is 353 g/mol. The molecule has 1 N–H and O–H groups in total. The van der Waals surface area contributed by atoms with Crippen LogP contribution in [0, 0.1) is 11.7 Å². The van der Waals surface area contributed by atoms with Crippen molar-refractivity contribution in [3.63, 3.8) is 0 Å². The Bertz CT molecular complexity index is 384. The third-order valence-electron chi connectivity index (χ3n) is 2.06. The quantitative estimate of drug-likeness (QED) is 0.827. The molecular weight excluding hydrogens is 341 g/mol. The molecule has 0 bridgehead atoms. The summed E-state index contributed by atoms with van der Waals surface area (Å²) in [5, 5.41) is 3.62. The summed E-state index contributed by atoms with van der Waals surface area (Å²) in [6.45, 7) is 2.62. The van der Waals surface area contributed by atoms with E-state index in [-0.39, 0.29) is 11.7 Å². The normalized spacial score (nSPS) is 12.2. The Labute approximate surface area is 111 Å². The van der Waals surface area contributed by atoms with Crippen LogP contribution in [-0.4, -0.2) is 17.8 Å². The second-order valence-electron chi connectivity index (χ2n) is 3.60. The molecule has 0 aliphatic rings. The number of carbonyl (C=O) groups excluding carboxylic acids is 1. The molecule has 0 aromatic heterocycles. The van der Waals surface area contributed by atoms with Crippen LogP contribution >= 0.6 is 31.9 Å². The molecule has 1 atom stereocenters. The van der Waals surface area contributed by atoms with Crippen molar-refractivity contribution >= 4 is 37.8 Å². The van der Waals surface area contributed by atoms with Crippen LogP contribution in [0.1, 0.15) is 17.3 Å². The molecule has 2 nitrogen and oxygen atoms in total. The van der Waals surface area contributed by atoms with Gasteiger partial charge in [0.1, 0.15) is 5.82 Å². The fourth-order valence-electron chi connectivity index (χ4n) is 1.06. The first-order valence-corrected chi connectivity index (χ1v) is 6.75. The molecule has 1 unspecified atom stereocenters. The van der Waals surface area contributed by atoms with Gasteiger partial charge in [-0.3, -0.25) is 4.79 Å². The monoisotopic (exact) mass is 351 g/mol. The highest BCUT2D eigenvalue weighted by atomic mass is 79.9. The van der Waals surface area contributed by atoms with Gasteiger partial charge in [-0.2, -0.15) is 0 Å². The first-order chi connectivity index (χ1) is 7.54. The van der Waals surface area contributed by atoms with E-state index in [0.717, 1.165) is 5.33 Å². The van der Waals surface area contributed by atoms with Gasteiger partial charge in [0.25, 0.3) is 5.91 Å². The lowest BCUT2D eigenvalue weighted by Gasteiger charge is -2.09. The van der Waals surface area contributed by atoms with E-state index in [2.05, 4.69) is 37.2 Å². The van der Waals surface area contributed by atoms with Crippen molar-refractivity contribution in [2.75, 3.05) is 11.9 Å². The molecule has 0 aliphatic carbocycles. The molecule has 0 fully saturated rings. The molecule has 1 aromatic rings. The molecule has 16 heavy (non-hydrogen) atoms. The van der Waals surface area contributed by atoms with Gasteiger partial charge in [-0.15, -0.1) is 0 Å². The molecule has 1 aromatic carbocycles. The Kier molecular flexibility index (Phi) is 5.41. The minimum Gasteiger partial charge on any atom is -0.352 e. The maximum atomic E-state index is 12.9. The largest absolute Gasteiger partial charge is 0.352 e. The minimum atomic E-state index is -0.370. The van der Waals surface area contributed by atoms with Crippen LogP contribution in [0.3, 0.4) is 0 Å². The summed E-state index contributed by atoms with van der Waals surface area (Å²) in [4.78, 5) is 11.7. The van der Waals surface area contributed by atoms with Crippen molar-refractivity contribution in [1.82, 2.24) is 5.32 Å². The third-order valence-corrected chi connectivity index (χ3v) is 3.77. The van der Waals surface area contributed by atoms with Gasteiger partial charge < -0.3 is 5.32 Å². The van der Waals surface area contributed by atoms with Crippen LogP contribution < -0.4 is 5.32 Å². The van der Waals surface area contributed by atoms with E-state index in [4.69, 9.17) is 0 Å². The zero-order chi connectivity index (χ0) is 12.1. The maximum absolute atomic E-state index is 12.9. The van der Waals surface area contributed by atoms with E-state index in [1.165, 1.54) is 18.2 Å². The number of rotatable bonds is 4. The summed E-state index contributed by atoms with van der Waals surface area (Å²) in [6.07, 6.45) is 0. The number of hydrogen-bond acceptors (Lipinski definition) is 1. The van der Waals surface area contributed by atoms with E-state index in [1.54, 1.807) is 0 Å². The molecule has 0 saturated heterocycles. The maximum Gasteiger partial charge on any atom is 0.251 e. The smallest absolute Gasteiger partial charge is 0.251 e. The summed E-state index contributed by atoms with van der Waals surface area (Å²) in [5.41, 5.74) is 0.454. The Morgan fingerprint density at radius 3 is 2.81 bits per heavy atom. The second kappa shape index (κ2) is 6.35. The summed E-state index contributed by atoms with van der Waals surface area (Å²) in [7, 11) is 0. The van der Waals surface area contributed by atoms with Crippen molar-refractivity contribution in [3.05, 3.63) is 34.1 Å². The van der Waals surface area contributed by atoms with E-state index < -0.39 is 0 Å². The number of hydrogen-bond donors (Lipinski definition) is 1. The number of carbonyl (C=O) groups is 1. The number of halogens is 3. The number of benzene rings is 1. The summed E-state index contributed by atoms with van der Waals surface area (Å²) < 4.78 is 13.2. The fraction of sp³-hybridized carbons (Fsp3) is 0.364. The predicted molar refractivity (Wildman–Crippen MR) is 69.4 cm³/mol. The zero-order valence-electron chi connectivity index (χ0n) is 8.77. The van der Waals surface area contributed by atoms with E-state index in [1.807, 2.05) is 6.92 Å². The third kappa shape index (κ3) is 3.87. The van der Waals surface area contributed by atoms with Crippen molar-refractivity contribution < 1.29 is 9.18 Å². The Morgan fingerprint density at radius 1 is 1.56 bits per heavy atom. The highest BCUT2D eigenvalue weighted by Gasteiger charge is 2.09. The highest BCUT2D eigenvalue weighted by molar-refractivity contribution is 9.10. The van der Waals surface area contributed by atoms with E-state index >= 15 is 0 Å². The first kappa shape index (κ1) is 13.6. The summed E-state index contributed by atoms with van der Waals surface area (Å²) >= 11 is 6.38. The van der Waals surface area contributed by atoms with Crippen molar-refractivity contribution in [2.45, 2.75) is 6.92 Å². The van der Waals surface area contributed by atoms with Crippen LogP contribution in [-0.2, 0) is 0 Å². The minimum absolute atomic E-state index is 0.187. The van der Waals surface area contributed by atoms with Crippen molar-refractivity contribution in [1.29, 1.82) is 0 Å². The van der Waals surface area contributed by atoms with Crippen molar-refractivity contribution in [3.8, 4) is 0 Å². The second-order valence-corrected chi connectivity index (χ2v) is 5.10. The lowest BCUT2D eigenvalue weighted by Crippen LogP contribution is -2.28. The van der Waals surface area contributed by atoms with E-state index in [9.17, 15) is 9.18 Å². The molecule has 88 valence electrons. The van der Waals surface area contributed by atoms with Gasteiger partial charge in [-0.05, 0) is 40.0 Å². The number of amides is 1. The molecule has 0 saturated carbocycles. The zero-order valence-corrected chi connectivity index (χ0v) is 11.9. The SMILES string of the molecule is CC(CBr)CNC(=O)c1ccc(F)c(Br)c1. The van der Waals surface area contributed by atoms with E-state index in [0.29, 0.717) is 22.5 Å². The van der Waals surface area contributed by atoms with Gasteiger partial charge in [0.2, 0.25) is 0 Å². The summed E-state index contributed by atoms with van der Waals surface area (Å²) in [5.74, 6) is -0.188. The van der Waals surface area contributed by atoms with Crippen LogP contribution in [0.4, 0.5) is 4.39 Å². The van der Waals surface area contributed by atoms with Crippen molar-refractivity contribution in [2.24, 2.45) is 5.92 Å². The van der Waals surface area contributed by atoms with Gasteiger partial charge >= 0.3 is 0 Å². The van der Waals surface area contributed by atoms with Crippen LogP contribution in [0.25, 0.3) is 0 Å². The molecule has 0 aliphatic heterocycles. The first-order valence-electron chi connectivity index (χ1n) is 4.83. The highest BCUT2D eigenvalue weighted by Crippen LogP contribution is 2.16. The molecule has 5 heteroatoms. The molecule has 0 spiro atoms. The topological polar surface area (TPSA) is 29.1 Å². The molecule has 0 heterocycles. The van der Waals surface area contributed by atoms with Gasteiger partial charge in [0.15, 0.2) is 0 Å². The molecular formula is C11H12Br2FNO. The lowest BCUT2D eigenvalue weighted by atomic mass is 10.2. The standard InChI is InChI=1S/C11H12Br2FNO/c1-7(5-12)6-15-11(16)8-2-3-10(14)9(13)4-8/h2-4,7H,5-6H2,1H3,(H,15,16). The van der Waals surface area contributed by atoms with Gasteiger partial charge in [-0.1, -0.05) is 22.9 Å². The Morgan fingerprint density at radius 2 is 2.25 bits per heavy atom.